The number of aryl methyl sites for hydroxylation is 1. The van der Waals surface area contributed by atoms with Gasteiger partial charge in [-0.25, -0.2) is 17.6 Å². The number of hydrogen-bond donors (Lipinski definition) is 2. The van der Waals surface area contributed by atoms with Crippen molar-refractivity contribution in [3.05, 3.63) is 76.7 Å². The minimum absolute atomic E-state index is 0.0162. The molecule has 39 heavy (non-hydrogen) atoms. The van der Waals surface area contributed by atoms with E-state index >= 15 is 0 Å². The highest BCUT2D eigenvalue weighted by Gasteiger charge is 2.43. The van der Waals surface area contributed by atoms with Crippen LogP contribution in [0.3, 0.4) is 0 Å². The van der Waals surface area contributed by atoms with Crippen molar-refractivity contribution in [2.45, 2.75) is 58.2 Å². The van der Waals surface area contributed by atoms with Gasteiger partial charge in [0.2, 0.25) is 11.8 Å². The van der Waals surface area contributed by atoms with E-state index in [1.807, 2.05) is 13.8 Å². The molecule has 1 aliphatic heterocycles. The molecule has 0 bridgehead atoms. The van der Waals surface area contributed by atoms with Gasteiger partial charge in [-0.1, -0.05) is 43.3 Å². The summed E-state index contributed by atoms with van der Waals surface area (Å²) in [6.07, 6.45) is -0.840. The predicted octanol–water partition coefficient (Wildman–Crippen LogP) is 4.79. The molecule has 0 radical (unpaired) electrons. The van der Waals surface area contributed by atoms with Crippen molar-refractivity contribution in [3.63, 3.8) is 0 Å². The van der Waals surface area contributed by atoms with Crippen LogP contribution in [0.4, 0.5) is 17.6 Å². The Kier molecular flexibility index (Phi) is 8.10. The molecule has 4 atom stereocenters. The van der Waals surface area contributed by atoms with Gasteiger partial charge < -0.3 is 19.8 Å². The van der Waals surface area contributed by atoms with E-state index in [0.29, 0.717) is 17.0 Å². The molecule has 0 unspecified atom stereocenters. The van der Waals surface area contributed by atoms with E-state index in [-0.39, 0.29) is 36.4 Å². The summed E-state index contributed by atoms with van der Waals surface area (Å²) in [5, 5.41) is 17.0. The summed E-state index contributed by atoms with van der Waals surface area (Å²) in [5.74, 6) is -7.35. The molecule has 3 aromatic rings. The second kappa shape index (κ2) is 11.2. The van der Waals surface area contributed by atoms with Crippen LogP contribution < -0.4 is 5.32 Å². The predicted molar refractivity (Wildman–Crippen MR) is 133 cm³/mol. The van der Waals surface area contributed by atoms with Crippen molar-refractivity contribution in [1.82, 2.24) is 15.4 Å². The zero-order valence-corrected chi connectivity index (χ0v) is 21.8. The van der Waals surface area contributed by atoms with Crippen molar-refractivity contribution in [2.24, 2.45) is 5.92 Å². The first-order valence-corrected chi connectivity index (χ1v) is 12.5. The van der Waals surface area contributed by atoms with Crippen LogP contribution in [0.15, 0.2) is 40.9 Å². The summed E-state index contributed by atoms with van der Waals surface area (Å²) in [6.45, 7) is 7.09. The number of β-amino-alcohol motifs (C(OH)–C–C–N with tert-alkyl or cyclic N) is 1. The van der Waals surface area contributed by atoms with Gasteiger partial charge in [-0.2, -0.15) is 0 Å². The molecule has 208 valence electrons. The number of nitrogens with zero attached hydrogens (tertiary/aromatic N) is 2. The van der Waals surface area contributed by atoms with E-state index in [2.05, 4.69) is 10.5 Å². The molecule has 2 aromatic carbocycles. The summed E-state index contributed by atoms with van der Waals surface area (Å²) in [4.78, 5) is 28.1. The Balaban J connectivity index is 1.50. The molecule has 2 amide bonds. The second-order valence-electron chi connectivity index (χ2n) is 10.2. The van der Waals surface area contributed by atoms with Crippen molar-refractivity contribution >= 4 is 11.8 Å². The molecule has 0 spiro atoms. The average Bonchev–Trinajstić information content (AvgIpc) is 3.48. The molecule has 1 aliphatic rings. The SMILES string of the molecule is Cc1cc([C@H](C(=O)N2C[C@H](O)C[C@H]2C(=O)N[C@@H](C)c2ccc(-c3c(F)c(F)cc(F)c3F)cc2)C(C)C)on1. The van der Waals surface area contributed by atoms with Gasteiger partial charge in [0, 0.05) is 25.1 Å². The van der Waals surface area contributed by atoms with Crippen LogP contribution >= 0.6 is 0 Å². The summed E-state index contributed by atoms with van der Waals surface area (Å²) < 4.78 is 61.0. The van der Waals surface area contributed by atoms with Crippen molar-refractivity contribution in [2.75, 3.05) is 6.54 Å². The van der Waals surface area contributed by atoms with Gasteiger partial charge in [0.15, 0.2) is 23.3 Å². The van der Waals surface area contributed by atoms with Crippen LogP contribution in [0.1, 0.15) is 56.2 Å². The molecule has 1 saturated heterocycles. The number of benzene rings is 2. The number of aromatic nitrogens is 1. The number of rotatable bonds is 7. The van der Waals surface area contributed by atoms with E-state index in [4.69, 9.17) is 4.52 Å². The number of aliphatic hydroxyl groups is 1. The van der Waals surface area contributed by atoms with E-state index in [1.165, 1.54) is 29.2 Å². The summed E-state index contributed by atoms with van der Waals surface area (Å²) in [6, 6.07) is 5.80. The molecule has 2 N–H and O–H groups in total. The van der Waals surface area contributed by atoms with Gasteiger partial charge in [-0.15, -0.1) is 0 Å². The van der Waals surface area contributed by atoms with Crippen LogP contribution in [0.25, 0.3) is 11.1 Å². The lowest BCUT2D eigenvalue weighted by Crippen LogP contribution is -2.48. The number of carbonyl (C=O) groups is 2. The molecule has 1 fully saturated rings. The molecule has 4 rings (SSSR count). The van der Waals surface area contributed by atoms with Gasteiger partial charge in [-0.3, -0.25) is 9.59 Å². The smallest absolute Gasteiger partial charge is 0.243 e. The Morgan fingerprint density at radius 2 is 1.67 bits per heavy atom. The van der Waals surface area contributed by atoms with Crippen LogP contribution in [0, 0.1) is 36.1 Å². The summed E-state index contributed by atoms with van der Waals surface area (Å²) >= 11 is 0. The van der Waals surface area contributed by atoms with Gasteiger partial charge >= 0.3 is 0 Å². The number of likely N-dealkylation sites (tertiary alicyclic amines) is 1. The average molecular weight is 548 g/mol. The monoisotopic (exact) mass is 547 g/mol. The maximum atomic E-state index is 14.2. The number of carbonyl (C=O) groups excluding carboxylic acids is 2. The summed E-state index contributed by atoms with van der Waals surface area (Å²) in [5.41, 5.74) is 0.251. The van der Waals surface area contributed by atoms with Crippen molar-refractivity contribution in [3.8, 4) is 11.1 Å². The normalized spacial score (nSPS) is 18.9. The van der Waals surface area contributed by atoms with Crippen LogP contribution in [0.5, 0.6) is 0 Å². The quantitative estimate of drug-likeness (QED) is 0.328. The third-order valence-corrected chi connectivity index (χ3v) is 6.92. The lowest BCUT2D eigenvalue weighted by atomic mass is 9.91. The largest absolute Gasteiger partial charge is 0.391 e. The Hall–Kier alpha value is -3.73. The van der Waals surface area contributed by atoms with E-state index in [9.17, 15) is 32.3 Å². The molecule has 0 aliphatic carbocycles. The Morgan fingerprint density at radius 1 is 1.05 bits per heavy atom. The fourth-order valence-electron chi connectivity index (χ4n) is 4.91. The van der Waals surface area contributed by atoms with Gasteiger partial charge in [0.1, 0.15) is 17.7 Å². The van der Waals surface area contributed by atoms with Crippen LogP contribution in [-0.2, 0) is 9.59 Å². The maximum Gasteiger partial charge on any atom is 0.243 e. The minimum atomic E-state index is -1.51. The highest BCUT2D eigenvalue weighted by atomic mass is 19.2. The maximum absolute atomic E-state index is 14.2. The fraction of sp³-hybridized carbons (Fsp3) is 0.393. The fourth-order valence-corrected chi connectivity index (χ4v) is 4.91. The van der Waals surface area contributed by atoms with E-state index in [0.717, 1.165) is 0 Å². The van der Waals surface area contributed by atoms with Crippen molar-refractivity contribution < 1.29 is 36.8 Å². The highest BCUT2D eigenvalue weighted by molar-refractivity contribution is 5.91. The Morgan fingerprint density at radius 3 is 2.21 bits per heavy atom. The molecule has 0 saturated carbocycles. The van der Waals surface area contributed by atoms with Crippen LogP contribution in [-0.4, -0.2) is 45.7 Å². The first-order valence-electron chi connectivity index (χ1n) is 12.5. The molecule has 7 nitrogen and oxygen atoms in total. The van der Waals surface area contributed by atoms with Crippen molar-refractivity contribution in [1.29, 1.82) is 0 Å². The number of halogens is 4. The number of aliphatic hydroxyl groups excluding tert-OH is 1. The van der Waals surface area contributed by atoms with Crippen LogP contribution in [0.2, 0.25) is 0 Å². The van der Waals surface area contributed by atoms with E-state index < -0.39 is 58.8 Å². The Bertz CT molecular complexity index is 1350. The minimum Gasteiger partial charge on any atom is -0.391 e. The zero-order valence-electron chi connectivity index (χ0n) is 21.8. The topological polar surface area (TPSA) is 95.7 Å². The second-order valence-corrected chi connectivity index (χ2v) is 10.2. The first kappa shape index (κ1) is 28.3. The third kappa shape index (κ3) is 5.68. The summed E-state index contributed by atoms with van der Waals surface area (Å²) in [7, 11) is 0. The standard InChI is InChI=1S/C28H29F4N3O4/c1-13(2)23(22-9-14(3)34-39-22)28(38)35-12-18(36)10-21(35)27(37)33-15(4)16-5-7-17(8-6-16)24-25(31)19(29)11-20(30)26(24)32/h5-9,11,13,15,18,21,23,36H,10,12H2,1-4H3,(H,33,37)/t15-,18+,21-,23+/m0/s1. The lowest BCUT2D eigenvalue weighted by Gasteiger charge is -2.29. The zero-order chi connectivity index (χ0) is 28.6. The third-order valence-electron chi connectivity index (χ3n) is 6.92. The molecular formula is C28H29F4N3O4. The van der Waals surface area contributed by atoms with Gasteiger partial charge in [0.05, 0.1) is 23.4 Å². The molecular weight excluding hydrogens is 518 g/mol. The molecule has 2 heterocycles. The highest BCUT2D eigenvalue weighted by Crippen LogP contribution is 2.32. The molecule has 11 heteroatoms. The molecule has 1 aromatic heterocycles. The van der Waals surface area contributed by atoms with Gasteiger partial charge in [0.25, 0.3) is 0 Å². The Labute approximate surface area is 222 Å². The van der Waals surface area contributed by atoms with E-state index in [1.54, 1.807) is 19.9 Å². The number of nitrogens with one attached hydrogen (secondary N) is 1. The van der Waals surface area contributed by atoms with Gasteiger partial charge in [-0.05, 0) is 30.9 Å². The number of hydrogen-bond acceptors (Lipinski definition) is 5. The first-order chi connectivity index (χ1) is 18.4. The lowest BCUT2D eigenvalue weighted by molar-refractivity contribution is -0.141. The number of amides is 2.